The van der Waals surface area contributed by atoms with E-state index in [2.05, 4.69) is 0 Å². The van der Waals surface area contributed by atoms with Crippen LogP contribution in [0.3, 0.4) is 0 Å². The van der Waals surface area contributed by atoms with E-state index in [0.29, 0.717) is 0 Å². The smallest absolute Gasteiger partial charge is 0.233 e. The molecular weight excluding hydrogens is 308 g/mol. The van der Waals surface area contributed by atoms with Gasteiger partial charge in [0.1, 0.15) is 0 Å². The van der Waals surface area contributed by atoms with Gasteiger partial charge in [0.2, 0.25) is 0 Å². The second kappa shape index (κ2) is 4.78. The average Bonchev–Trinajstić information content (AvgIpc) is 2.63. The van der Waals surface area contributed by atoms with Crippen LogP contribution in [0, 0.1) is 0 Å². The van der Waals surface area contributed by atoms with Gasteiger partial charge in [-0.05, 0) is 35.7 Å². The molecule has 0 spiro atoms. The van der Waals surface area contributed by atoms with Crippen LogP contribution in [0.1, 0.15) is 30.9 Å². The quantitative estimate of drug-likeness (QED) is 0.824. The van der Waals surface area contributed by atoms with E-state index in [9.17, 15) is 17.2 Å². The molecule has 0 saturated heterocycles. The number of anilines is 2. The van der Waals surface area contributed by atoms with Crippen LogP contribution in [0.15, 0.2) is 48.5 Å². The van der Waals surface area contributed by atoms with Gasteiger partial charge in [-0.2, -0.15) is 17.2 Å². The van der Waals surface area contributed by atoms with Gasteiger partial charge in [-0.3, -0.25) is 0 Å². The number of hydrogen-bond donors (Lipinski definition) is 0. The maximum atomic E-state index is 14.2. The van der Waals surface area contributed by atoms with E-state index in [1.807, 2.05) is 13.8 Å². The van der Waals surface area contributed by atoms with Gasteiger partial charge >= 0.3 is 15.3 Å². The Morgan fingerprint density at radius 3 is 2.18 bits per heavy atom. The lowest BCUT2D eigenvalue weighted by molar-refractivity contribution is 0.0952. The zero-order valence-electron chi connectivity index (χ0n) is 12.1. The lowest BCUT2D eigenvalue weighted by Crippen LogP contribution is -2.31. The van der Waals surface area contributed by atoms with Crippen molar-refractivity contribution in [1.29, 1.82) is 0 Å². The van der Waals surface area contributed by atoms with Crippen molar-refractivity contribution in [1.82, 2.24) is 0 Å². The van der Waals surface area contributed by atoms with Crippen LogP contribution in [-0.2, 0) is 15.3 Å². The van der Waals surface area contributed by atoms with Crippen LogP contribution in [0.5, 0.6) is 0 Å². The molecule has 22 heavy (non-hydrogen) atoms. The number of benzene rings is 2. The Kier molecular flexibility index (Phi) is 3.25. The molecule has 0 fully saturated rings. The number of para-hydroxylation sites is 1. The van der Waals surface area contributed by atoms with Crippen molar-refractivity contribution < 1.29 is 17.2 Å². The molecule has 2 aromatic carbocycles. The summed E-state index contributed by atoms with van der Waals surface area (Å²) in [5.41, 5.74) is 0.752. The second-order valence-corrected chi connectivity index (χ2v) is 7.38. The van der Waals surface area contributed by atoms with Crippen LogP contribution < -0.4 is 4.31 Å². The van der Waals surface area contributed by atoms with Crippen LogP contribution in [-0.4, -0.2) is 8.42 Å². The van der Waals surface area contributed by atoms with Crippen LogP contribution >= 0.6 is 0 Å². The molecule has 0 saturated carbocycles. The minimum atomic E-state index is -4.81. The zero-order chi connectivity index (χ0) is 16.1. The third-order valence-electron chi connectivity index (χ3n) is 3.79. The lowest BCUT2D eigenvalue weighted by atomic mass is 10.0. The fourth-order valence-corrected chi connectivity index (χ4v) is 4.05. The van der Waals surface area contributed by atoms with Crippen molar-refractivity contribution in [2.75, 3.05) is 4.31 Å². The van der Waals surface area contributed by atoms with Crippen molar-refractivity contribution in [3.63, 3.8) is 0 Å². The molecule has 116 valence electrons. The van der Waals surface area contributed by atoms with E-state index in [1.165, 1.54) is 12.1 Å². The maximum absolute atomic E-state index is 14.2. The van der Waals surface area contributed by atoms with Gasteiger partial charge in [0.05, 0.1) is 16.9 Å². The van der Waals surface area contributed by atoms with Gasteiger partial charge in [-0.25, -0.2) is 4.31 Å². The Hall–Kier alpha value is -1.95. The Morgan fingerprint density at radius 2 is 1.59 bits per heavy atom. The Balaban J connectivity index is 2.18. The molecule has 0 aliphatic carbocycles. The van der Waals surface area contributed by atoms with Crippen LogP contribution in [0.25, 0.3) is 0 Å². The van der Waals surface area contributed by atoms with E-state index in [4.69, 9.17) is 0 Å². The van der Waals surface area contributed by atoms with Crippen molar-refractivity contribution in [3.8, 4) is 0 Å². The molecule has 0 bridgehead atoms. The molecule has 0 amide bonds. The lowest BCUT2D eigenvalue weighted by Gasteiger charge is -2.20. The standard InChI is InChI=1S/C16H15F2NO2S/c1-11(2)12-7-9-13(10-8-12)19-15-6-4-3-5-14(15)16(17,18)22(19,20)21/h3-11H,1-2H3. The summed E-state index contributed by atoms with van der Waals surface area (Å²) in [4.78, 5) is 0. The molecule has 6 heteroatoms. The fourth-order valence-electron chi connectivity index (χ4n) is 2.55. The first-order valence-corrected chi connectivity index (χ1v) is 8.33. The number of fused-ring (bicyclic) bond motifs is 1. The first kappa shape index (κ1) is 15.0. The molecule has 0 unspecified atom stereocenters. The molecule has 0 aromatic heterocycles. The highest BCUT2D eigenvalue weighted by molar-refractivity contribution is 7.94. The first-order chi connectivity index (χ1) is 10.3. The maximum Gasteiger partial charge on any atom is 0.391 e. The Morgan fingerprint density at radius 1 is 1.00 bits per heavy atom. The van der Waals surface area contributed by atoms with Crippen molar-refractivity contribution in [2.45, 2.75) is 25.0 Å². The molecule has 0 radical (unpaired) electrons. The predicted octanol–water partition coefficient (Wildman–Crippen LogP) is 4.34. The van der Waals surface area contributed by atoms with Crippen LogP contribution in [0.4, 0.5) is 20.2 Å². The van der Waals surface area contributed by atoms with Crippen molar-refractivity contribution in [3.05, 3.63) is 59.7 Å². The summed E-state index contributed by atoms with van der Waals surface area (Å²) in [6.45, 7) is 4.01. The average molecular weight is 323 g/mol. The summed E-state index contributed by atoms with van der Waals surface area (Å²) < 4.78 is 53.7. The van der Waals surface area contributed by atoms with Gasteiger partial charge in [-0.15, -0.1) is 0 Å². The van der Waals surface area contributed by atoms with E-state index in [-0.39, 0.29) is 17.3 Å². The molecule has 1 heterocycles. The first-order valence-electron chi connectivity index (χ1n) is 6.89. The van der Waals surface area contributed by atoms with E-state index in [0.717, 1.165) is 15.9 Å². The summed E-state index contributed by atoms with van der Waals surface area (Å²) in [5, 5.41) is -3.92. The summed E-state index contributed by atoms with van der Waals surface area (Å²) in [6.07, 6.45) is 0. The van der Waals surface area contributed by atoms with Gasteiger partial charge < -0.3 is 0 Å². The molecule has 2 aromatic rings. The molecule has 1 aliphatic heterocycles. The van der Waals surface area contributed by atoms with E-state index < -0.39 is 20.8 Å². The molecular formula is C16H15F2NO2S. The molecule has 3 nitrogen and oxygen atoms in total. The molecule has 0 atom stereocenters. The number of rotatable bonds is 2. The zero-order valence-corrected chi connectivity index (χ0v) is 12.9. The van der Waals surface area contributed by atoms with Gasteiger partial charge in [0, 0.05) is 0 Å². The molecule has 3 rings (SSSR count). The second-order valence-electron chi connectivity index (χ2n) is 5.55. The number of alkyl halides is 2. The van der Waals surface area contributed by atoms with E-state index >= 15 is 0 Å². The van der Waals surface area contributed by atoms with E-state index in [1.54, 1.807) is 30.3 Å². The minimum absolute atomic E-state index is 0.00444. The fraction of sp³-hybridized carbons (Fsp3) is 0.250. The van der Waals surface area contributed by atoms with Gasteiger partial charge in [0.15, 0.2) is 0 Å². The highest BCUT2D eigenvalue weighted by atomic mass is 32.2. The Bertz CT molecular complexity index is 814. The number of halogens is 2. The summed E-state index contributed by atoms with van der Waals surface area (Å²) in [5.74, 6) is 0.276. The summed E-state index contributed by atoms with van der Waals surface area (Å²) in [7, 11) is -4.81. The number of sulfonamides is 1. The largest absolute Gasteiger partial charge is 0.391 e. The third kappa shape index (κ3) is 1.94. The van der Waals surface area contributed by atoms with Gasteiger partial charge in [-0.1, -0.05) is 38.1 Å². The monoisotopic (exact) mass is 323 g/mol. The predicted molar refractivity (Wildman–Crippen MR) is 81.9 cm³/mol. The molecule has 0 N–H and O–H groups in total. The third-order valence-corrected chi connectivity index (χ3v) is 5.55. The minimum Gasteiger partial charge on any atom is -0.233 e. The highest BCUT2D eigenvalue weighted by Gasteiger charge is 2.58. The number of nitrogens with zero attached hydrogens (tertiary/aromatic N) is 1. The summed E-state index contributed by atoms with van der Waals surface area (Å²) in [6, 6.07) is 12.1. The molecule has 1 aliphatic rings. The summed E-state index contributed by atoms with van der Waals surface area (Å²) >= 11 is 0. The van der Waals surface area contributed by atoms with Gasteiger partial charge in [0.25, 0.3) is 0 Å². The topological polar surface area (TPSA) is 37.4 Å². The SMILES string of the molecule is CC(C)c1ccc(N2c3ccccc3C(F)(F)S2(=O)=O)cc1. The highest BCUT2D eigenvalue weighted by Crippen LogP contribution is 2.52. The Labute approximate surface area is 128 Å². The van der Waals surface area contributed by atoms with Crippen LogP contribution in [0.2, 0.25) is 0 Å². The van der Waals surface area contributed by atoms with Crippen molar-refractivity contribution in [2.24, 2.45) is 0 Å². The number of hydrogen-bond acceptors (Lipinski definition) is 2. The van der Waals surface area contributed by atoms with Crippen molar-refractivity contribution >= 4 is 21.4 Å². The normalized spacial score (nSPS) is 18.5.